The molecule has 0 amide bonds. The highest BCUT2D eigenvalue weighted by molar-refractivity contribution is 5.96. The lowest BCUT2D eigenvalue weighted by Crippen LogP contribution is -3.00. The van der Waals surface area contributed by atoms with Gasteiger partial charge in [-0.3, -0.25) is 4.79 Å². The number of hydrogen-bond donors (Lipinski definition) is 0. The van der Waals surface area contributed by atoms with Crippen LogP contribution in [0.1, 0.15) is 39.4 Å². The van der Waals surface area contributed by atoms with Gasteiger partial charge in [0, 0.05) is 37.5 Å². The highest BCUT2D eigenvalue weighted by atomic mass is 35.5. The minimum absolute atomic E-state index is 0. The van der Waals surface area contributed by atoms with Crippen molar-refractivity contribution in [2.24, 2.45) is 0 Å². The van der Waals surface area contributed by atoms with Gasteiger partial charge in [-0.1, -0.05) is 54.6 Å². The number of hydrogen-bond acceptors (Lipinski definition) is 4. The summed E-state index contributed by atoms with van der Waals surface area (Å²) in [7, 11) is 0. The topological polar surface area (TPSA) is 38.8 Å². The van der Waals surface area contributed by atoms with Crippen LogP contribution in [0.4, 0.5) is 0 Å². The molecule has 2 heterocycles. The molecule has 0 fully saturated rings. The maximum atomic E-state index is 12.9. The number of ether oxygens (including phenoxy) is 2. The minimum atomic E-state index is 0. The fourth-order valence-corrected chi connectivity index (χ4v) is 4.62. The summed E-state index contributed by atoms with van der Waals surface area (Å²) in [5.41, 5.74) is 4.85. The molecule has 32 heavy (non-hydrogen) atoms. The number of carbonyl (C=O) groups excluding carboxylic acids is 1. The molecule has 0 aliphatic carbocycles. The molecule has 0 radical (unpaired) electrons. The van der Waals surface area contributed by atoms with Crippen LogP contribution in [0.2, 0.25) is 0 Å². The Morgan fingerprint density at radius 2 is 1.66 bits per heavy atom. The van der Waals surface area contributed by atoms with Crippen molar-refractivity contribution >= 4 is 5.78 Å². The van der Waals surface area contributed by atoms with Gasteiger partial charge in [0.15, 0.2) is 17.3 Å². The third-order valence-corrected chi connectivity index (χ3v) is 6.29. The van der Waals surface area contributed by atoms with E-state index in [2.05, 4.69) is 59.5 Å². The fraction of sp³-hybridized carbons (Fsp3) is 0.296. The van der Waals surface area contributed by atoms with E-state index in [-0.39, 0.29) is 18.2 Å². The van der Waals surface area contributed by atoms with Gasteiger partial charge in [-0.15, -0.1) is 0 Å². The number of halogens is 1. The summed E-state index contributed by atoms with van der Waals surface area (Å²) in [5, 5.41) is 0. The molecule has 0 aromatic heterocycles. The zero-order valence-corrected chi connectivity index (χ0v) is 18.8. The van der Waals surface area contributed by atoms with Crippen LogP contribution in [-0.2, 0) is 6.42 Å². The zero-order chi connectivity index (χ0) is 21.0. The van der Waals surface area contributed by atoms with Gasteiger partial charge in [-0.25, -0.2) is 0 Å². The number of carbonyl (C=O) groups is 1. The minimum Gasteiger partial charge on any atom is -1.00 e. The monoisotopic (exact) mass is 448 g/mol. The summed E-state index contributed by atoms with van der Waals surface area (Å²) in [4.78, 5) is 15.3. The Morgan fingerprint density at radius 3 is 2.50 bits per heavy atom. The summed E-state index contributed by atoms with van der Waals surface area (Å²) in [6, 6.07) is 25.0. The predicted molar refractivity (Wildman–Crippen MR) is 121 cm³/mol. The van der Waals surface area contributed by atoms with E-state index < -0.39 is 0 Å². The summed E-state index contributed by atoms with van der Waals surface area (Å²) in [6.45, 7) is 3.73. The van der Waals surface area contributed by atoms with Gasteiger partial charge >= 0.3 is 0 Å². The van der Waals surface area contributed by atoms with E-state index in [1.807, 2.05) is 18.2 Å². The first-order chi connectivity index (χ1) is 15.3. The first-order valence-corrected chi connectivity index (χ1v) is 11.1. The molecule has 0 saturated carbocycles. The maximum Gasteiger partial charge on any atom is 0.164 e. The van der Waals surface area contributed by atoms with E-state index in [4.69, 9.17) is 9.47 Å². The van der Waals surface area contributed by atoms with Crippen molar-refractivity contribution < 1.29 is 26.7 Å². The van der Waals surface area contributed by atoms with E-state index in [1.165, 1.54) is 16.7 Å². The van der Waals surface area contributed by atoms with Crippen LogP contribution in [0.3, 0.4) is 0 Å². The van der Waals surface area contributed by atoms with Crippen molar-refractivity contribution in [2.75, 3.05) is 32.8 Å². The molecule has 0 bridgehead atoms. The number of fused-ring (bicyclic) bond motifs is 2. The summed E-state index contributed by atoms with van der Waals surface area (Å²) in [6.07, 6.45) is 1.51. The van der Waals surface area contributed by atoms with E-state index >= 15 is 0 Å². The molecule has 3 aromatic carbocycles. The maximum absolute atomic E-state index is 12.9. The average Bonchev–Trinajstić information content (AvgIpc) is 3.02. The van der Waals surface area contributed by atoms with E-state index in [0.29, 0.717) is 36.9 Å². The molecular weight excluding hydrogens is 422 g/mol. The van der Waals surface area contributed by atoms with Gasteiger partial charge in [-0.05, 0) is 41.3 Å². The van der Waals surface area contributed by atoms with Crippen molar-refractivity contribution in [3.05, 3.63) is 95.1 Å². The number of Topliss-reactive ketones (excluding diaryl/α,β-unsaturated/α-hetero) is 1. The number of rotatable bonds is 5. The second kappa shape index (κ2) is 10.2. The van der Waals surface area contributed by atoms with Crippen molar-refractivity contribution in [1.29, 1.82) is 0 Å². The lowest BCUT2D eigenvalue weighted by molar-refractivity contribution is -0.0000147. The largest absolute Gasteiger partial charge is 1.00 e. The third kappa shape index (κ3) is 4.82. The molecule has 4 nitrogen and oxygen atoms in total. The summed E-state index contributed by atoms with van der Waals surface area (Å²) >= 11 is 0. The smallest absolute Gasteiger partial charge is 0.164 e. The van der Waals surface area contributed by atoms with Gasteiger partial charge in [-0.2, -0.15) is 0 Å². The van der Waals surface area contributed by atoms with E-state index in [0.717, 1.165) is 31.8 Å². The zero-order valence-electron chi connectivity index (χ0n) is 18.0. The van der Waals surface area contributed by atoms with Crippen molar-refractivity contribution in [2.45, 2.75) is 18.8 Å². The van der Waals surface area contributed by atoms with Crippen LogP contribution < -0.4 is 21.9 Å². The number of benzene rings is 3. The third-order valence-electron chi connectivity index (χ3n) is 6.29. The molecule has 0 saturated heterocycles. The van der Waals surface area contributed by atoms with Crippen LogP contribution in [-0.4, -0.2) is 43.5 Å². The highest BCUT2D eigenvalue weighted by Gasteiger charge is 2.24. The molecule has 5 heteroatoms. The Bertz CT molecular complexity index is 1070. The van der Waals surface area contributed by atoms with Crippen LogP contribution in [0.5, 0.6) is 11.5 Å². The van der Waals surface area contributed by atoms with Crippen LogP contribution in [0, 0.1) is 0 Å². The second-order valence-electron chi connectivity index (χ2n) is 8.24. The average molecular weight is 449 g/mol. The first kappa shape index (κ1) is 22.4. The van der Waals surface area contributed by atoms with Gasteiger partial charge < -0.3 is 26.8 Å². The van der Waals surface area contributed by atoms with Crippen molar-refractivity contribution in [3.8, 4) is 11.5 Å². The van der Waals surface area contributed by atoms with E-state index in [1.54, 1.807) is 0 Å². The standard InChI is InChI=1S/C27H27NO3.ClH/c29-25(22-10-11-26-27(18-22)31-17-16-30-26)13-15-28-14-12-21-8-4-5-9-23(21)24(19-28)20-6-2-1-3-7-20;/h1-11,18,24H,12-17,19H2;1H/p-1. The van der Waals surface area contributed by atoms with Gasteiger partial charge in [0.25, 0.3) is 0 Å². The molecule has 0 spiro atoms. The number of ketones is 1. The lowest BCUT2D eigenvalue weighted by Gasteiger charge is -2.25. The molecule has 5 rings (SSSR count). The molecule has 2 aliphatic heterocycles. The van der Waals surface area contributed by atoms with Crippen molar-refractivity contribution in [3.63, 3.8) is 0 Å². The molecular formula is C27H27ClNO3-. The molecule has 3 aromatic rings. The van der Waals surface area contributed by atoms with Gasteiger partial charge in [0.05, 0.1) is 0 Å². The molecule has 0 N–H and O–H groups in total. The van der Waals surface area contributed by atoms with Crippen molar-refractivity contribution in [1.82, 2.24) is 4.90 Å². The molecule has 166 valence electrons. The first-order valence-electron chi connectivity index (χ1n) is 11.1. The van der Waals surface area contributed by atoms with E-state index in [9.17, 15) is 4.79 Å². The Labute approximate surface area is 195 Å². The second-order valence-corrected chi connectivity index (χ2v) is 8.24. The van der Waals surface area contributed by atoms with Crippen LogP contribution in [0.15, 0.2) is 72.8 Å². The number of nitrogens with zero attached hydrogens (tertiary/aromatic N) is 1. The normalized spacial score (nSPS) is 17.6. The Morgan fingerprint density at radius 1 is 0.906 bits per heavy atom. The molecule has 2 aliphatic rings. The quantitative estimate of drug-likeness (QED) is 0.557. The summed E-state index contributed by atoms with van der Waals surface area (Å²) < 4.78 is 11.2. The molecule has 1 unspecified atom stereocenters. The van der Waals surface area contributed by atoms with Gasteiger partial charge in [0.1, 0.15) is 13.2 Å². The fourth-order valence-electron chi connectivity index (χ4n) is 4.62. The SMILES string of the molecule is O=C(CCN1CCc2ccccc2C(c2ccccc2)C1)c1ccc2c(c1)OCCO2.[Cl-]. The molecule has 1 atom stereocenters. The van der Waals surface area contributed by atoms with Crippen LogP contribution >= 0.6 is 0 Å². The lowest BCUT2D eigenvalue weighted by atomic mass is 9.88. The predicted octanol–water partition coefficient (Wildman–Crippen LogP) is 1.72. The summed E-state index contributed by atoms with van der Waals surface area (Å²) in [5.74, 6) is 1.87. The Kier molecular flexibility index (Phi) is 7.13. The van der Waals surface area contributed by atoms with Crippen LogP contribution in [0.25, 0.3) is 0 Å². The Hall–Kier alpha value is -2.82. The van der Waals surface area contributed by atoms with Gasteiger partial charge in [0.2, 0.25) is 0 Å². The Balaban J connectivity index is 0.00000245. The highest BCUT2D eigenvalue weighted by Crippen LogP contribution is 2.32.